The van der Waals surface area contributed by atoms with Gasteiger partial charge in [0.05, 0.1) is 12.0 Å². The maximum atomic E-state index is 4.44. The molecule has 1 saturated heterocycles. The van der Waals surface area contributed by atoms with Gasteiger partial charge in [0, 0.05) is 43.3 Å². The highest BCUT2D eigenvalue weighted by Gasteiger charge is 2.22. The van der Waals surface area contributed by atoms with Crippen molar-refractivity contribution in [2.45, 2.75) is 44.8 Å². The number of aromatic nitrogens is 3. The predicted octanol–water partition coefficient (Wildman–Crippen LogP) is 4.39. The minimum Gasteiger partial charge on any atom is -0.337 e. The van der Waals surface area contributed by atoms with E-state index in [1.54, 1.807) is 0 Å². The topological polar surface area (TPSA) is 34.0 Å². The first-order valence-electron chi connectivity index (χ1n) is 9.58. The standard InChI is InChI=1S/C22H26N4/c1-3-12-24-22(6-1)20-9-7-19(8-10-20)17-26-14-4-2-5-21(26)11-15-25-16-13-23-18-25/h1,3,6-10,12-13,16,18,21H,2,4-5,11,14-15,17H2/t21-/m1/s1. The third-order valence-electron chi connectivity index (χ3n) is 5.33. The van der Waals surface area contributed by atoms with E-state index in [-0.39, 0.29) is 0 Å². The van der Waals surface area contributed by atoms with Crippen LogP contribution >= 0.6 is 0 Å². The quantitative estimate of drug-likeness (QED) is 0.664. The average Bonchev–Trinajstić information content (AvgIpc) is 3.22. The number of imidazole rings is 1. The summed E-state index contributed by atoms with van der Waals surface area (Å²) in [6.45, 7) is 3.30. The van der Waals surface area contributed by atoms with Crippen LogP contribution in [-0.4, -0.2) is 32.0 Å². The van der Waals surface area contributed by atoms with E-state index < -0.39 is 0 Å². The molecule has 0 N–H and O–H groups in total. The van der Waals surface area contributed by atoms with Crippen LogP contribution in [0, 0.1) is 0 Å². The molecule has 1 atom stereocenters. The lowest BCUT2D eigenvalue weighted by Gasteiger charge is -2.36. The molecular weight excluding hydrogens is 320 g/mol. The van der Waals surface area contributed by atoms with Gasteiger partial charge < -0.3 is 4.57 Å². The van der Waals surface area contributed by atoms with E-state index in [0.29, 0.717) is 6.04 Å². The number of likely N-dealkylation sites (tertiary alicyclic amines) is 1. The summed E-state index contributed by atoms with van der Waals surface area (Å²) in [7, 11) is 0. The fourth-order valence-electron chi connectivity index (χ4n) is 3.86. The van der Waals surface area contributed by atoms with Gasteiger partial charge in [-0.05, 0) is 43.5 Å². The van der Waals surface area contributed by atoms with Gasteiger partial charge in [-0.2, -0.15) is 0 Å². The van der Waals surface area contributed by atoms with Crippen molar-refractivity contribution < 1.29 is 0 Å². The Hall–Kier alpha value is -2.46. The number of pyridine rings is 1. The first-order valence-corrected chi connectivity index (χ1v) is 9.58. The summed E-state index contributed by atoms with van der Waals surface area (Å²) in [5.41, 5.74) is 3.61. The molecule has 4 nitrogen and oxygen atoms in total. The molecular formula is C22H26N4. The number of piperidine rings is 1. The van der Waals surface area contributed by atoms with E-state index in [4.69, 9.17) is 0 Å². The Labute approximate surface area is 155 Å². The highest BCUT2D eigenvalue weighted by molar-refractivity contribution is 5.58. The van der Waals surface area contributed by atoms with Gasteiger partial charge in [0.2, 0.25) is 0 Å². The van der Waals surface area contributed by atoms with E-state index in [9.17, 15) is 0 Å². The van der Waals surface area contributed by atoms with Crippen LogP contribution in [0.1, 0.15) is 31.2 Å². The molecule has 2 aromatic heterocycles. The van der Waals surface area contributed by atoms with Gasteiger partial charge in [-0.3, -0.25) is 9.88 Å². The summed E-state index contributed by atoms with van der Waals surface area (Å²) in [4.78, 5) is 11.3. The Balaban J connectivity index is 1.39. The van der Waals surface area contributed by atoms with Gasteiger partial charge in [0.1, 0.15) is 0 Å². The largest absolute Gasteiger partial charge is 0.337 e. The average molecular weight is 346 g/mol. The molecule has 0 amide bonds. The highest BCUT2D eigenvalue weighted by atomic mass is 15.2. The molecule has 26 heavy (non-hydrogen) atoms. The minimum absolute atomic E-state index is 0.668. The van der Waals surface area contributed by atoms with Gasteiger partial charge >= 0.3 is 0 Å². The maximum absolute atomic E-state index is 4.44. The fourth-order valence-corrected chi connectivity index (χ4v) is 3.86. The van der Waals surface area contributed by atoms with Gasteiger partial charge in [-0.1, -0.05) is 36.8 Å². The number of rotatable bonds is 6. The molecule has 3 aromatic rings. The SMILES string of the molecule is c1ccc(-c2ccc(CN3CCCC[C@@H]3CCn3ccnc3)cc2)nc1. The molecule has 0 unspecified atom stereocenters. The van der Waals surface area contributed by atoms with Crippen LogP contribution in [-0.2, 0) is 13.1 Å². The first-order chi connectivity index (χ1) is 12.9. The first kappa shape index (κ1) is 17.0. The zero-order valence-corrected chi connectivity index (χ0v) is 15.2. The Morgan fingerprint density at radius 3 is 2.69 bits per heavy atom. The van der Waals surface area contributed by atoms with Crippen LogP contribution in [0.5, 0.6) is 0 Å². The van der Waals surface area contributed by atoms with Crippen LogP contribution in [0.4, 0.5) is 0 Å². The second-order valence-corrected chi connectivity index (χ2v) is 7.12. The van der Waals surface area contributed by atoms with Crippen molar-refractivity contribution in [2.24, 2.45) is 0 Å². The van der Waals surface area contributed by atoms with E-state index in [1.807, 2.05) is 30.9 Å². The molecule has 4 rings (SSSR count). The summed E-state index contributed by atoms with van der Waals surface area (Å²) in [5, 5.41) is 0. The lowest BCUT2D eigenvalue weighted by atomic mass is 9.98. The Morgan fingerprint density at radius 2 is 1.92 bits per heavy atom. The molecule has 0 aliphatic carbocycles. The van der Waals surface area contributed by atoms with Crippen molar-refractivity contribution in [3.05, 3.63) is 72.9 Å². The van der Waals surface area contributed by atoms with Gasteiger partial charge in [0.15, 0.2) is 0 Å². The minimum atomic E-state index is 0.668. The molecule has 4 heteroatoms. The maximum Gasteiger partial charge on any atom is 0.0945 e. The number of benzene rings is 1. The van der Waals surface area contributed by atoms with Crippen LogP contribution in [0.15, 0.2) is 67.4 Å². The molecule has 1 aliphatic rings. The summed E-state index contributed by atoms with van der Waals surface area (Å²) >= 11 is 0. The van der Waals surface area contributed by atoms with Crippen LogP contribution in [0.3, 0.4) is 0 Å². The van der Waals surface area contributed by atoms with Crippen LogP contribution < -0.4 is 0 Å². The smallest absolute Gasteiger partial charge is 0.0945 e. The normalized spacial score (nSPS) is 18.1. The molecule has 0 saturated carbocycles. The van der Waals surface area contributed by atoms with Gasteiger partial charge in [-0.25, -0.2) is 4.98 Å². The molecule has 134 valence electrons. The zero-order valence-electron chi connectivity index (χ0n) is 15.2. The Bertz CT molecular complexity index is 781. The number of hydrogen-bond donors (Lipinski definition) is 0. The second-order valence-electron chi connectivity index (χ2n) is 7.12. The van der Waals surface area contributed by atoms with Gasteiger partial charge in [-0.15, -0.1) is 0 Å². The van der Waals surface area contributed by atoms with Crippen molar-refractivity contribution in [3.63, 3.8) is 0 Å². The van der Waals surface area contributed by atoms with Gasteiger partial charge in [0.25, 0.3) is 0 Å². The van der Waals surface area contributed by atoms with E-state index in [1.165, 1.54) is 43.4 Å². The molecule has 0 spiro atoms. The molecule has 1 aromatic carbocycles. The molecule has 1 aliphatic heterocycles. The number of nitrogens with zero attached hydrogens (tertiary/aromatic N) is 4. The van der Waals surface area contributed by atoms with Crippen molar-refractivity contribution in [1.29, 1.82) is 0 Å². The van der Waals surface area contributed by atoms with Crippen molar-refractivity contribution in [1.82, 2.24) is 19.4 Å². The van der Waals surface area contributed by atoms with Crippen LogP contribution in [0.25, 0.3) is 11.3 Å². The summed E-state index contributed by atoms with van der Waals surface area (Å²) < 4.78 is 2.19. The molecule has 0 bridgehead atoms. The van der Waals surface area contributed by atoms with Crippen molar-refractivity contribution in [2.75, 3.05) is 6.54 Å². The summed E-state index contributed by atoms with van der Waals surface area (Å²) in [6.07, 6.45) is 12.9. The molecule has 1 fully saturated rings. The second kappa shape index (κ2) is 8.28. The number of hydrogen-bond acceptors (Lipinski definition) is 3. The number of aryl methyl sites for hydroxylation is 1. The third kappa shape index (κ3) is 4.20. The third-order valence-corrected chi connectivity index (χ3v) is 5.33. The Morgan fingerprint density at radius 1 is 1.00 bits per heavy atom. The fraction of sp³-hybridized carbons (Fsp3) is 0.364. The molecule has 0 radical (unpaired) electrons. The lowest BCUT2D eigenvalue weighted by molar-refractivity contribution is 0.128. The lowest BCUT2D eigenvalue weighted by Crippen LogP contribution is -2.39. The summed E-state index contributed by atoms with van der Waals surface area (Å²) in [6, 6.07) is 15.6. The van der Waals surface area contributed by atoms with Crippen molar-refractivity contribution in [3.8, 4) is 11.3 Å². The summed E-state index contributed by atoms with van der Waals surface area (Å²) in [5.74, 6) is 0. The molecule has 3 heterocycles. The van der Waals surface area contributed by atoms with E-state index in [2.05, 4.69) is 56.0 Å². The highest BCUT2D eigenvalue weighted by Crippen LogP contribution is 2.24. The van der Waals surface area contributed by atoms with Crippen LogP contribution in [0.2, 0.25) is 0 Å². The van der Waals surface area contributed by atoms with Crippen molar-refractivity contribution >= 4 is 0 Å². The Kier molecular flexibility index (Phi) is 5.41. The predicted molar refractivity (Wildman–Crippen MR) is 105 cm³/mol. The monoisotopic (exact) mass is 346 g/mol. The van der Waals surface area contributed by atoms with E-state index >= 15 is 0 Å². The van der Waals surface area contributed by atoms with E-state index in [0.717, 1.165) is 18.8 Å². The zero-order chi connectivity index (χ0) is 17.6.